The summed E-state index contributed by atoms with van der Waals surface area (Å²) in [4.78, 5) is 37.5. The largest absolute Gasteiger partial charge is 0.493 e. The van der Waals surface area contributed by atoms with E-state index < -0.39 is 16.1 Å². The van der Waals surface area contributed by atoms with Crippen LogP contribution in [0.1, 0.15) is 22.3 Å². The number of nitro benzene ring substituents is 1. The minimum Gasteiger partial charge on any atom is -0.493 e. The maximum Gasteiger partial charge on any atom is 0.293 e. The van der Waals surface area contributed by atoms with Crippen LogP contribution in [0.4, 0.5) is 10.5 Å². The SMILES string of the molecule is COc1cc(C=C2SC(=O)N(Cc3ccccc3[N+](=O)[O-])C2=O)cc(Br)c1OCc1ccc(C#N)cc1. The number of hydrogen-bond donors (Lipinski definition) is 0. The van der Waals surface area contributed by atoms with Crippen molar-refractivity contribution >= 4 is 50.6 Å². The van der Waals surface area contributed by atoms with Crippen molar-refractivity contribution in [3.05, 3.63) is 102 Å². The van der Waals surface area contributed by atoms with E-state index in [1.165, 1.54) is 25.3 Å². The van der Waals surface area contributed by atoms with E-state index in [1.807, 2.05) is 0 Å². The summed E-state index contributed by atoms with van der Waals surface area (Å²) < 4.78 is 12.0. The number of para-hydroxylation sites is 1. The number of carbonyl (C=O) groups is 2. The van der Waals surface area contributed by atoms with Crippen LogP contribution in [0.25, 0.3) is 6.08 Å². The van der Waals surface area contributed by atoms with Crippen molar-refractivity contribution in [1.82, 2.24) is 4.90 Å². The van der Waals surface area contributed by atoms with Crippen LogP contribution < -0.4 is 9.47 Å². The highest BCUT2D eigenvalue weighted by atomic mass is 79.9. The lowest BCUT2D eigenvalue weighted by atomic mass is 10.1. The minimum absolute atomic E-state index is 0.157. The van der Waals surface area contributed by atoms with Crippen molar-refractivity contribution in [1.29, 1.82) is 5.26 Å². The second-order valence-corrected chi connectivity index (χ2v) is 9.63. The maximum absolute atomic E-state index is 13.0. The quantitative estimate of drug-likeness (QED) is 0.179. The minimum atomic E-state index is -0.543. The van der Waals surface area contributed by atoms with E-state index >= 15 is 0 Å². The molecular weight excluding hydrogens is 562 g/mol. The Bertz CT molecular complexity index is 1470. The Morgan fingerprint density at radius 2 is 1.89 bits per heavy atom. The first-order chi connectivity index (χ1) is 17.8. The van der Waals surface area contributed by atoms with Gasteiger partial charge in [-0.25, -0.2) is 0 Å². The van der Waals surface area contributed by atoms with Gasteiger partial charge in [0.25, 0.3) is 16.8 Å². The zero-order chi connectivity index (χ0) is 26.5. The Morgan fingerprint density at radius 3 is 2.57 bits per heavy atom. The number of rotatable bonds is 8. The van der Waals surface area contributed by atoms with E-state index in [-0.39, 0.29) is 29.3 Å². The molecule has 0 bridgehead atoms. The molecule has 0 saturated carbocycles. The first-order valence-corrected chi connectivity index (χ1v) is 12.4. The van der Waals surface area contributed by atoms with Crippen LogP contribution in [-0.2, 0) is 17.9 Å². The summed E-state index contributed by atoms with van der Waals surface area (Å²) >= 11 is 4.24. The maximum atomic E-state index is 13.0. The molecule has 0 aliphatic carbocycles. The molecule has 0 spiro atoms. The summed E-state index contributed by atoms with van der Waals surface area (Å²) in [6, 6.07) is 18.5. The fraction of sp³-hybridized carbons (Fsp3) is 0.115. The molecule has 0 radical (unpaired) electrons. The van der Waals surface area contributed by atoms with Gasteiger partial charge in [0, 0.05) is 11.6 Å². The summed E-state index contributed by atoms with van der Waals surface area (Å²) in [6.45, 7) is 0.0405. The monoisotopic (exact) mass is 579 g/mol. The number of ether oxygens (including phenoxy) is 2. The molecule has 2 amide bonds. The Balaban J connectivity index is 1.53. The van der Waals surface area contributed by atoms with E-state index in [4.69, 9.17) is 14.7 Å². The van der Waals surface area contributed by atoms with Gasteiger partial charge in [0.1, 0.15) is 6.61 Å². The smallest absolute Gasteiger partial charge is 0.293 e. The van der Waals surface area contributed by atoms with E-state index in [2.05, 4.69) is 22.0 Å². The highest BCUT2D eigenvalue weighted by molar-refractivity contribution is 9.10. The van der Waals surface area contributed by atoms with Gasteiger partial charge in [-0.3, -0.25) is 24.6 Å². The molecule has 1 heterocycles. The van der Waals surface area contributed by atoms with Crippen molar-refractivity contribution in [2.75, 3.05) is 7.11 Å². The molecule has 37 heavy (non-hydrogen) atoms. The van der Waals surface area contributed by atoms with E-state index in [1.54, 1.807) is 48.5 Å². The van der Waals surface area contributed by atoms with Crippen LogP contribution in [0, 0.1) is 21.4 Å². The molecule has 3 aromatic carbocycles. The van der Waals surface area contributed by atoms with Gasteiger partial charge in [0.15, 0.2) is 11.5 Å². The molecule has 4 rings (SSSR count). The molecule has 0 N–H and O–H groups in total. The number of imide groups is 1. The van der Waals surface area contributed by atoms with Gasteiger partial charge in [-0.1, -0.05) is 30.3 Å². The third-order valence-corrected chi connectivity index (χ3v) is 6.90. The number of nitro groups is 1. The third-order valence-electron chi connectivity index (χ3n) is 5.41. The normalized spacial score (nSPS) is 14.1. The third kappa shape index (κ3) is 5.82. The Morgan fingerprint density at radius 1 is 1.16 bits per heavy atom. The van der Waals surface area contributed by atoms with Crippen LogP contribution in [-0.4, -0.2) is 28.1 Å². The number of benzene rings is 3. The van der Waals surface area contributed by atoms with Gasteiger partial charge in [-0.2, -0.15) is 5.26 Å². The Hall–Kier alpha value is -4.14. The molecule has 1 saturated heterocycles. The summed E-state index contributed by atoms with van der Waals surface area (Å²) in [5.74, 6) is 0.325. The summed E-state index contributed by atoms with van der Waals surface area (Å²) in [7, 11) is 1.49. The van der Waals surface area contributed by atoms with E-state index in [0.717, 1.165) is 22.2 Å². The van der Waals surface area contributed by atoms with Crippen molar-refractivity contribution in [2.24, 2.45) is 0 Å². The first kappa shape index (κ1) is 25.9. The molecule has 3 aromatic rings. The number of amides is 2. The van der Waals surface area contributed by atoms with Gasteiger partial charge in [-0.05, 0) is 69.2 Å². The van der Waals surface area contributed by atoms with Crippen LogP contribution in [0.5, 0.6) is 11.5 Å². The number of nitrogens with zero attached hydrogens (tertiary/aromatic N) is 3. The van der Waals surface area contributed by atoms with Gasteiger partial charge in [0.2, 0.25) is 0 Å². The molecule has 186 valence electrons. The number of carbonyl (C=O) groups excluding carboxylic acids is 2. The summed E-state index contributed by atoms with van der Waals surface area (Å²) in [5.41, 5.74) is 2.12. The average molecular weight is 580 g/mol. The Labute approximate surface area is 224 Å². The van der Waals surface area contributed by atoms with Crippen LogP contribution in [0.3, 0.4) is 0 Å². The molecule has 0 aromatic heterocycles. The zero-order valence-corrected chi connectivity index (χ0v) is 21.7. The van der Waals surface area contributed by atoms with Gasteiger partial charge in [-0.15, -0.1) is 0 Å². The number of nitriles is 1. The lowest BCUT2D eigenvalue weighted by molar-refractivity contribution is -0.385. The van der Waals surface area contributed by atoms with Crippen LogP contribution in [0.15, 0.2) is 70.0 Å². The molecule has 1 aliphatic heterocycles. The lowest BCUT2D eigenvalue weighted by Gasteiger charge is -2.14. The summed E-state index contributed by atoms with van der Waals surface area (Å²) in [6.07, 6.45) is 1.56. The molecule has 1 aliphatic rings. The lowest BCUT2D eigenvalue weighted by Crippen LogP contribution is -2.27. The second kappa shape index (κ2) is 11.3. The van der Waals surface area contributed by atoms with Crippen molar-refractivity contribution in [3.8, 4) is 17.6 Å². The number of hydrogen-bond acceptors (Lipinski definition) is 8. The molecule has 9 nitrogen and oxygen atoms in total. The Kier molecular flexibility index (Phi) is 7.91. The number of methoxy groups -OCH3 is 1. The molecule has 1 fully saturated rings. The zero-order valence-electron chi connectivity index (χ0n) is 19.3. The van der Waals surface area contributed by atoms with Gasteiger partial charge in [0.05, 0.1) is 39.6 Å². The summed E-state index contributed by atoms with van der Waals surface area (Å²) in [5, 5.41) is 19.7. The van der Waals surface area contributed by atoms with Crippen molar-refractivity contribution < 1.29 is 24.0 Å². The molecule has 0 unspecified atom stereocenters. The standard InChI is InChI=1S/C26H18BrN3O6S/c1-35-22-11-18(10-20(27)24(22)36-15-17-8-6-16(13-28)7-9-17)12-23-25(31)29(26(32)37-23)14-19-4-2-3-5-21(19)30(33)34/h2-12H,14-15H2,1H3. The van der Waals surface area contributed by atoms with E-state index in [9.17, 15) is 19.7 Å². The van der Waals surface area contributed by atoms with Crippen LogP contribution in [0.2, 0.25) is 0 Å². The second-order valence-electron chi connectivity index (χ2n) is 7.79. The van der Waals surface area contributed by atoms with Crippen molar-refractivity contribution in [3.63, 3.8) is 0 Å². The van der Waals surface area contributed by atoms with E-state index in [0.29, 0.717) is 27.1 Å². The molecular formula is C26H18BrN3O6S. The topological polar surface area (TPSA) is 123 Å². The fourth-order valence-corrected chi connectivity index (χ4v) is 4.99. The molecule has 11 heteroatoms. The number of halogens is 1. The predicted molar refractivity (Wildman–Crippen MR) is 141 cm³/mol. The number of thioether (sulfide) groups is 1. The molecule has 0 atom stereocenters. The highest BCUT2D eigenvalue weighted by Crippen LogP contribution is 2.40. The fourth-order valence-electron chi connectivity index (χ4n) is 3.57. The average Bonchev–Trinajstić information content (AvgIpc) is 3.15. The van der Waals surface area contributed by atoms with Crippen LogP contribution >= 0.6 is 27.7 Å². The van der Waals surface area contributed by atoms with Gasteiger partial charge >= 0.3 is 0 Å². The highest BCUT2D eigenvalue weighted by Gasteiger charge is 2.36. The first-order valence-electron chi connectivity index (χ1n) is 10.8. The van der Waals surface area contributed by atoms with Gasteiger partial charge < -0.3 is 9.47 Å². The predicted octanol–water partition coefficient (Wildman–Crippen LogP) is 6.05. The van der Waals surface area contributed by atoms with Crippen molar-refractivity contribution in [2.45, 2.75) is 13.2 Å².